The van der Waals surface area contributed by atoms with Crippen LogP contribution >= 0.6 is 0 Å². The fourth-order valence-corrected chi connectivity index (χ4v) is 4.47. The average Bonchev–Trinajstić information content (AvgIpc) is 3.64. The largest absolute Gasteiger partial charge is 0.367 e. The van der Waals surface area contributed by atoms with Gasteiger partial charge in [0.05, 0.1) is 5.69 Å². The predicted molar refractivity (Wildman–Crippen MR) is 133 cm³/mol. The number of carbonyl (C=O) groups excluding carboxylic acids is 2. The number of piperazine rings is 1. The first-order chi connectivity index (χ1) is 17.1. The minimum absolute atomic E-state index is 0.0206. The predicted octanol–water partition coefficient (Wildman–Crippen LogP) is 1.82. The number of carbonyl (C=O) groups is 2. The molecule has 0 radical (unpaired) electrons. The molecule has 5 rings (SSSR count). The number of nitrogens with zero attached hydrogens (tertiary/aromatic N) is 4. The average molecular weight is 480 g/mol. The number of aromatic nitrogens is 2. The summed E-state index contributed by atoms with van der Waals surface area (Å²) in [6.45, 7) is 3.85. The smallest absolute Gasteiger partial charge is 0.229 e. The van der Waals surface area contributed by atoms with E-state index in [9.17, 15) is 14.0 Å². The van der Waals surface area contributed by atoms with Gasteiger partial charge in [0.2, 0.25) is 18.3 Å². The van der Waals surface area contributed by atoms with E-state index in [4.69, 9.17) is 0 Å². The van der Waals surface area contributed by atoms with Crippen LogP contribution in [-0.2, 0) is 16.0 Å². The molecule has 3 aliphatic rings. The number of anilines is 4. The molecule has 1 aromatic heterocycles. The van der Waals surface area contributed by atoms with E-state index in [-0.39, 0.29) is 29.6 Å². The molecule has 1 aliphatic carbocycles. The first kappa shape index (κ1) is 24.4. The number of terminal acetylenes is 1. The maximum atomic E-state index is 14.8. The summed E-state index contributed by atoms with van der Waals surface area (Å²) in [5.74, 6) is 0.366. The lowest BCUT2D eigenvalue weighted by atomic mass is 9.99. The van der Waals surface area contributed by atoms with Gasteiger partial charge in [-0.3, -0.25) is 14.5 Å². The Morgan fingerprint density at radius 2 is 1.97 bits per heavy atom. The third-order valence-corrected chi connectivity index (χ3v) is 6.43. The Hall–Kier alpha value is -3.71. The lowest BCUT2D eigenvalue weighted by molar-refractivity contribution is -0.122. The Morgan fingerprint density at radius 1 is 1.20 bits per heavy atom. The van der Waals surface area contributed by atoms with Crippen LogP contribution in [0.25, 0.3) is 0 Å². The zero-order chi connectivity index (χ0) is 24.8. The molecule has 9 nitrogen and oxygen atoms in total. The summed E-state index contributed by atoms with van der Waals surface area (Å²) in [7, 11) is 0. The molecule has 0 bridgehead atoms. The van der Waals surface area contributed by atoms with Crippen LogP contribution in [-0.4, -0.2) is 61.1 Å². The minimum Gasteiger partial charge on any atom is -0.367 e. The molecule has 1 unspecified atom stereocenters. The van der Waals surface area contributed by atoms with Crippen LogP contribution in [0.1, 0.15) is 24.8 Å². The van der Waals surface area contributed by atoms with Crippen LogP contribution in [0, 0.1) is 24.6 Å². The van der Waals surface area contributed by atoms with E-state index in [2.05, 4.69) is 38.8 Å². The molecule has 1 atom stereocenters. The van der Waals surface area contributed by atoms with E-state index in [0.717, 1.165) is 57.4 Å². The SMILES string of the molecule is C#C.O=CN(c1nc(Nc2ccc(N3CCNCC3)c(F)c2)ncc1CC1CCNC1=O)C1CC1. The van der Waals surface area contributed by atoms with E-state index in [1.54, 1.807) is 23.2 Å². The molecule has 2 saturated heterocycles. The highest BCUT2D eigenvalue weighted by Crippen LogP contribution is 2.33. The van der Waals surface area contributed by atoms with Gasteiger partial charge in [0.25, 0.3) is 0 Å². The van der Waals surface area contributed by atoms with E-state index in [1.165, 1.54) is 6.07 Å². The van der Waals surface area contributed by atoms with Crippen LogP contribution < -0.4 is 25.8 Å². The summed E-state index contributed by atoms with van der Waals surface area (Å²) in [5.41, 5.74) is 1.88. The van der Waals surface area contributed by atoms with Crippen molar-refractivity contribution >= 4 is 35.5 Å². The number of rotatable bonds is 8. The minimum atomic E-state index is -0.307. The second-order valence-corrected chi connectivity index (χ2v) is 8.80. The number of nitrogens with one attached hydrogen (secondary N) is 3. The third-order valence-electron chi connectivity index (χ3n) is 6.43. The number of hydrogen-bond acceptors (Lipinski definition) is 7. The summed E-state index contributed by atoms with van der Waals surface area (Å²) in [5, 5.41) is 9.18. The molecule has 1 saturated carbocycles. The Labute approximate surface area is 204 Å². The van der Waals surface area contributed by atoms with Crippen molar-refractivity contribution in [3.05, 3.63) is 35.8 Å². The molecule has 3 N–H and O–H groups in total. The Bertz CT molecular complexity index is 1080. The van der Waals surface area contributed by atoms with E-state index < -0.39 is 0 Å². The van der Waals surface area contributed by atoms with Crippen molar-refractivity contribution in [2.45, 2.75) is 31.7 Å². The zero-order valence-corrected chi connectivity index (χ0v) is 19.5. The molecule has 3 heterocycles. The van der Waals surface area contributed by atoms with Gasteiger partial charge >= 0.3 is 0 Å². The third kappa shape index (κ3) is 5.69. The molecule has 2 amide bonds. The van der Waals surface area contributed by atoms with Gasteiger partial charge in [0.15, 0.2) is 0 Å². The van der Waals surface area contributed by atoms with Gasteiger partial charge in [-0.2, -0.15) is 4.98 Å². The Kier molecular flexibility index (Phi) is 7.77. The molecule has 2 aliphatic heterocycles. The monoisotopic (exact) mass is 479 g/mol. The fraction of sp³-hybridized carbons (Fsp3) is 0.440. The van der Waals surface area contributed by atoms with Gasteiger partial charge < -0.3 is 20.9 Å². The van der Waals surface area contributed by atoms with Crippen LogP contribution in [0.3, 0.4) is 0 Å². The van der Waals surface area contributed by atoms with Crippen LogP contribution in [0.4, 0.5) is 27.5 Å². The summed E-state index contributed by atoms with van der Waals surface area (Å²) in [4.78, 5) is 36.6. The van der Waals surface area contributed by atoms with E-state index in [0.29, 0.717) is 30.2 Å². The number of halogens is 1. The second-order valence-electron chi connectivity index (χ2n) is 8.80. The highest BCUT2D eigenvalue weighted by Gasteiger charge is 2.33. The van der Waals surface area contributed by atoms with Crippen LogP contribution in [0.15, 0.2) is 24.4 Å². The van der Waals surface area contributed by atoms with Gasteiger partial charge in [-0.25, -0.2) is 9.37 Å². The van der Waals surface area contributed by atoms with Gasteiger partial charge in [0, 0.05) is 62.1 Å². The molecule has 35 heavy (non-hydrogen) atoms. The molecule has 184 valence electrons. The quantitative estimate of drug-likeness (QED) is 0.392. The van der Waals surface area contributed by atoms with Crippen LogP contribution in [0.5, 0.6) is 0 Å². The maximum absolute atomic E-state index is 14.8. The molecule has 0 spiro atoms. The van der Waals surface area contributed by atoms with Crippen molar-refractivity contribution in [3.63, 3.8) is 0 Å². The van der Waals surface area contributed by atoms with E-state index in [1.807, 2.05) is 4.90 Å². The number of benzene rings is 1. The number of hydrogen-bond donors (Lipinski definition) is 3. The molecular formula is C25H30FN7O2. The zero-order valence-electron chi connectivity index (χ0n) is 19.5. The van der Waals surface area contributed by atoms with Gasteiger partial charge in [0.1, 0.15) is 11.6 Å². The molecule has 3 fully saturated rings. The summed E-state index contributed by atoms with van der Waals surface area (Å²) >= 11 is 0. The Balaban J connectivity index is 0.00000141. The van der Waals surface area contributed by atoms with Crippen molar-refractivity contribution in [1.29, 1.82) is 0 Å². The molecule has 10 heteroatoms. The first-order valence-corrected chi connectivity index (χ1v) is 11.8. The summed E-state index contributed by atoms with van der Waals surface area (Å²) in [6.07, 6.45) is 13.5. The van der Waals surface area contributed by atoms with Crippen LogP contribution in [0.2, 0.25) is 0 Å². The fourth-order valence-electron chi connectivity index (χ4n) is 4.47. The molecule has 1 aromatic carbocycles. The maximum Gasteiger partial charge on any atom is 0.229 e. The van der Waals surface area contributed by atoms with Gasteiger partial charge in [-0.15, -0.1) is 12.8 Å². The lowest BCUT2D eigenvalue weighted by Crippen LogP contribution is -2.43. The Morgan fingerprint density at radius 3 is 2.60 bits per heavy atom. The number of amides is 2. The first-order valence-electron chi connectivity index (χ1n) is 11.8. The summed E-state index contributed by atoms with van der Waals surface area (Å²) in [6, 6.07) is 5.13. The van der Waals surface area contributed by atoms with Crippen molar-refractivity contribution in [2.75, 3.05) is 47.8 Å². The van der Waals surface area contributed by atoms with Crippen molar-refractivity contribution in [3.8, 4) is 12.8 Å². The highest BCUT2D eigenvalue weighted by atomic mass is 19.1. The van der Waals surface area contributed by atoms with Crippen molar-refractivity contribution in [1.82, 2.24) is 20.6 Å². The van der Waals surface area contributed by atoms with Crippen molar-refractivity contribution in [2.24, 2.45) is 5.92 Å². The topological polar surface area (TPSA) is 102 Å². The van der Waals surface area contributed by atoms with Gasteiger partial charge in [-0.05, 0) is 43.9 Å². The second kappa shape index (κ2) is 11.1. The molecule has 2 aromatic rings. The normalized spacial score (nSPS) is 19.3. The summed E-state index contributed by atoms with van der Waals surface area (Å²) < 4.78 is 14.8. The molecular weight excluding hydrogens is 449 g/mol. The van der Waals surface area contributed by atoms with Crippen molar-refractivity contribution < 1.29 is 14.0 Å². The lowest BCUT2D eigenvalue weighted by Gasteiger charge is -2.29. The van der Waals surface area contributed by atoms with Gasteiger partial charge in [-0.1, -0.05) is 0 Å². The highest BCUT2D eigenvalue weighted by molar-refractivity contribution is 5.82. The standard InChI is InChI=1S/C23H28FN7O2.C2H2/c24-19-12-17(1-4-20(19)30-9-7-25-8-10-30)28-23-27-13-16(11-15-5-6-26-22(15)33)21(29-23)31(14-32)18-2-3-18;1-2/h1,4,12-15,18,25H,2-3,5-11H2,(H,26,33)(H,27,28,29);1-2H. The van der Waals surface area contributed by atoms with E-state index >= 15 is 0 Å².